The lowest BCUT2D eigenvalue weighted by molar-refractivity contribution is 0.199. The maximum Gasteiger partial charge on any atom is 0.183 e. The largest absolute Gasteiger partial charge is 0.462 e. The van der Waals surface area contributed by atoms with Crippen LogP contribution in [0.5, 0.6) is 0 Å². The Morgan fingerprint density at radius 2 is 2.44 bits per heavy atom. The van der Waals surface area contributed by atoms with Gasteiger partial charge in [0.1, 0.15) is 5.01 Å². The Labute approximate surface area is 97.5 Å². The number of methoxy groups -OCH3 is 1. The van der Waals surface area contributed by atoms with Crippen LogP contribution in [0.4, 0.5) is 0 Å². The molecule has 0 atom stereocenters. The first-order valence-electron chi connectivity index (χ1n) is 4.96. The highest BCUT2D eigenvalue weighted by Crippen LogP contribution is 2.23. The molecule has 1 N–H and O–H groups in total. The number of hydrogen-bond acceptors (Lipinski definition) is 6. The van der Waals surface area contributed by atoms with E-state index in [0.717, 1.165) is 22.3 Å². The van der Waals surface area contributed by atoms with Gasteiger partial charge in [0.05, 0.1) is 12.9 Å². The van der Waals surface area contributed by atoms with Crippen molar-refractivity contribution in [2.24, 2.45) is 0 Å². The van der Waals surface area contributed by atoms with Crippen LogP contribution in [-0.4, -0.2) is 30.5 Å². The van der Waals surface area contributed by atoms with Crippen molar-refractivity contribution in [3.63, 3.8) is 0 Å². The fraction of sp³-hybridized carbons (Fsp3) is 0.400. The molecule has 0 bridgehead atoms. The number of ether oxygens (including phenoxy) is 1. The Hall–Kier alpha value is -1.24. The van der Waals surface area contributed by atoms with Gasteiger partial charge in [-0.1, -0.05) is 11.3 Å². The maximum absolute atomic E-state index is 5.24. The highest BCUT2D eigenvalue weighted by molar-refractivity contribution is 7.14. The lowest BCUT2D eigenvalue weighted by Crippen LogP contribution is -2.18. The molecule has 6 heteroatoms. The van der Waals surface area contributed by atoms with Crippen LogP contribution in [0, 0.1) is 0 Å². The molecule has 2 aromatic heterocycles. The van der Waals surface area contributed by atoms with Crippen molar-refractivity contribution in [2.45, 2.75) is 6.54 Å². The van der Waals surface area contributed by atoms with Crippen molar-refractivity contribution in [3.8, 4) is 10.8 Å². The van der Waals surface area contributed by atoms with Crippen LogP contribution in [0.25, 0.3) is 10.8 Å². The van der Waals surface area contributed by atoms with E-state index in [9.17, 15) is 0 Å². The average molecular weight is 239 g/mol. The number of aromatic nitrogens is 2. The Morgan fingerprint density at radius 1 is 1.50 bits per heavy atom. The van der Waals surface area contributed by atoms with Crippen LogP contribution in [0.15, 0.2) is 22.8 Å². The zero-order valence-electron chi connectivity index (χ0n) is 8.97. The maximum atomic E-state index is 5.24. The Balaban J connectivity index is 1.88. The van der Waals surface area contributed by atoms with Gasteiger partial charge in [-0.25, -0.2) is 0 Å². The van der Waals surface area contributed by atoms with Crippen molar-refractivity contribution < 1.29 is 9.15 Å². The highest BCUT2D eigenvalue weighted by atomic mass is 32.1. The van der Waals surface area contributed by atoms with Crippen LogP contribution >= 0.6 is 11.3 Å². The van der Waals surface area contributed by atoms with Gasteiger partial charge in [0.2, 0.25) is 0 Å². The summed E-state index contributed by atoms with van der Waals surface area (Å²) in [4.78, 5) is 0. The van der Waals surface area contributed by atoms with Gasteiger partial charge in [0, 0.05) is 20.2 Å². The molecule has 0 amide bonds. The summed E-state index contributed by atoms with van der Waals surface area (Å²) in [5.41, 5.74) is 0. The van der Waals surface area contributed by atoms with Crippen LogP contribution < -0.4 is 5.32 Å². The second kappa shape index (κ2) is 5.74. The molecule has 2 rings (SSSR count). The van der Waals surface area contributed by atoms with Gasteiger partial charge in [-0.2, -0.15) is 0 Å². The number of hydrogen-bond donors (Lipinski definition) is 1. The summed E-state index contributed by atoms with van der Waals surface area (Å²) in [6, 6.07) is 3.72. The van der Waals surface area contributed by atoms with Crippen molar-refractivity contribution in [3.05, 3.63) is 23.4 Å². The molecule has 0 spiro atoms. The standard InChI is InChI=1S/C10H13N3O2S/c1-14-6-4-11-7-9-12-13-10(16-9)8-3-2-5-15-8/h2-3,5,11H,4,6-7H2,1H3. The molecule has 0 fully saturated rings. The second-order valence-electron chi connectivity index (χ2n) is 3.15. The highest BCUT2D eigenvalue weighted by Gasteiger charge is 2.07. The third kappa shape index (κ3) is 2.88. The van der Waals surface area contributed by atoms with E-state index >= 15 is 0 Å². The van der Waals surface area contributed by atoms with Crippen molar-refractivity contribution >= 4 is 11.3 Å². The van der Waals surface area contributed by atoms with Crippen LogP contribution in [0.2, 0.25) is 0 Å². The quantitative estimate of drug-likeness (QED) is 0.775. The van der Waals surface area contributed by atoms with E-state index in [2.05, 4.69) is 15.5 Å². The molecule has 0 aliphatic carbocycles. The van der Waals surface area contributed by atoms with E-state index in [4.69, 9.17) is 9.15 Å². The summed E-state index contributed by atoms with van der Waals surface area (Å²) in [6.07, 6.45) is 1.63. The Bertz CT molecular complexity index is 413. The first-order valence-corrected chi connectivity index (χ1v) is 5.77. The topological polar surface area (TPSA) is 60.2 Å². The minimum atomic E-state index is 0.698. The Kier molecular flexibility index (Phi) is 4.03. The van der Waals surface area contributed by atoms with Gasteiger partial charge in [-0.05, 0) is 12.1 Å². The van der Waals surface area contributed by atoms with Crippen LogP contribution in [-0.2, 0) is 11.3 Å². The SMILES string of the molecule is COCCNCc1nnc(-c2ccco2)s1. The molecule has 5 nitrogen and oxygen atoms in total. The molecule has 16 heavy (non-hydrogen) atoms. The molecule has 0 aliphatic rings. The zero-order valence-corrected chi connectivity index (χ0v) is 9.79. The lowest BCUT2D eigenvalue weighted by atomic mass is 10.5. The van der Waals surface area contributed by atoms with Crippen molar-refractivity contribution in [1.82, 2.24) is 15.5 Å². The minimum absolute atomic E-state index is 0.698. The van der Waals surface area contributed by atoms with E-state index in [1.165, 1.54) is 11.3 Å². The predicted molar refractivity (Wildman–Crippen MR) is 61.2 cm³/mol. The molecule has 0 saturated carbocycles. The predicted octanol–water partition coefficient (Wildman–Crippen LogP) is 1.53. The summed E-state index contributed by atoms with van der Waals surface area (Å²) >= 11 is 1.53. The first kappa shape index (κ1) is 11.3. The number of furan rings is 1. The normalized spacial score (nSPS) is 10.8. The third-order valence-corrected chi connectivity index (χ3v) is 2.90. The minimum Gasteiger partial charge on any atom is -0.462 e. The van der Waals surface area contributed by atoms with E-state index in [1.54, 1.807) is 13.4 Å². The Morgan fingerprint density at radius 3 is 3.19 bits per heavy atom. The zero-order chi connectivity index (χ0) is 11.2. The molecule has 2 heterocycles. The molecule has 0 aromatic carbocycles. The van der Waals surface area contributed by atoms with Gasteiger partial charge < -0.3 is 14.5 Å². The van der Waals surface area contributed by atoms with E-state index in [0.29, 0.717) is 13.2 Å². The summed E-state index contributed by atoms with van der Waals surface area (Å²) < 4.78 is 10.2. The van der Waals surface area contributed by atoms with Gasteiger partial charge in [0.15, 0.2) is 10.8 Å². The monoisotopic (exact) mass is 239 g/mol. The molecule has 0 radical (unpaired) electrons. The summed E-state index contributed by atoms with van der Waals surface area (Å²) in [7, 11) is 1.68. The summed E-state index contributed by atoms with van der Waals surface area (Å²) in [6.45, 7) is 2.22. The van der Waals surface area contributed by atoms with E-state index < -0.39 is 0 Å². The van der Waals surface area contributed by atoms with Gasteiger partial charge >= 0.3 is 0 Å². The van der Waals surface area contributed by atoms with E-state index in [1.807, 2.05) is 12.1 Å². The second-order valence-corrected chi connectivity index (χ2v) is 4.21. The van der Waals surface area contributed by atoms with E-state index in [-0.39, 0.29) is 0 Å². The third-order valence-electron chi connectivity index (χ3n) is 1.96. The van der Waals surface area contributed by atoms with Crippen molar-refractivity contribution in [1.29, 1.82) is 0 Å². The number of nitrogens with one attached hydrogen (secondary N) is 1. The van der Waals surface area contributed by atoms with Gasteiger partial charge in [-0.15, -0.1) is 10.2 Å². The van der Waals surface area contributed by atoms with Gasteiger partial charge in [-0.3, -0.25) is 0 Å². The molecule has 2 aromatic rings. The summed E-state index contributed by atoms with van der Waals surface area (Å²) in [5, 5.41) is 13.1. The molecule has 0 saturated heterocycles. The lowest BCUT2D eigenvalue weighted by Gasteiger charge is -1.99. The van der Waals surface area contributed by atoms with Crippen LogP contribution in [0.3, 0.4) is 0 Å². The fourth-order valence-corrected chi connectivity index (χ4v) is 1.97. The molecular formula is C10H13N3O2S. The smallest absolute Gasteiger partial charge is 0.183 e. The van der Waals surface area contributed by atoms with Crippen molar-refractivity contribution in [2.75, 3.05) is 20.3 Å². The molecular weight excluding hydrogens is 226 g/mol. The number of rotatable bonds is 6. The molecule has 0 unspecified atom stereocenters. The van der Waals surface area contributed by atoms with Gasteiger partial charge in [0.25, 0.3) is 0 Å². The van der Waals surface area contributed by atoms with Crippen LogP contribution in [0.1, 0.15) is 5.01 Å². The average Bonchev–Trinajstić information content (AvgIpc) is 2.94. The summed E-state index contributed by atoms with van der Waals surface area (Å²) in [5.74, 6) is 0.764. The number of nitrogens with zero attached hydrogens (tertiary/aromatic N) is 2. The fourth-order valence-electron chi connectivity index (χ4n) is 1.19. The first-order chi connectivity index (χ1) is 7.90. The molecule has 0 aliphatic heterocycles. The molecule has 86 valence electrons.